The number of hydrogen-bond acceptors (Lipinski definition) is 4. The van der Waals surface area contributed by atoms with Crippen molar-refractivity contribution in [2.75, 3.05) is 13.1 Å². The van der Waals surface area contributed by atoms with E-state index in [0.29, 0.717) is 17.4 Å². The number of H-pyrrole nitrogens is 2. The Kier molecular flexibility index (Phi) is 4.70. The van der Waals surface area contributed by atoms with Gasteiger partial charge in [0.15, 0.2) is 0 Å². The van der Waals surface area contributed by atoms with Gasteiger partial charge in [0, 0.05) is 17.3 Å². The van der Waals surface area contributed by atoms with Crippen molar-refractivity contribution in [1.29, 1.82) is 0 Å². The molecule has 2 aromatic rings. The van der Waals surface area contributed by atoms with E-state index in [-0.39, 0.29) is 10.4 Å². The Morgan fingerprint density at radius 2 is 2.04 bits per heavy atom. The van der Waals surface area contributed by atoms with Gasteiger partial charge in [-0.1, -0.05) is 18.0 Å². The third-order valence-corrected chi connectivity index (χ3v) is 6.88. The van der Waals surface area contributed by atoms with Crippen molar-refractivity contribution in [1.82, 2.24) is 20.0 Å². The average molecular weight is 375 g/mol. The van der Waals surface area contributed by atoms with Crippen LogP contribution in [0.1, 0.15) is 45.6 Å². The van der Waals surface area contributed by atoms with Gasteiger partial charge in [-0.15, -0.1) is 0 Å². The van der Waals surface area contributed by atoms with Crippen molar-refractivity contribution in [3.63, 3.8) is 0 Å². The predicted octanol–water partition coefficient (Wildman–Crippen LogP) is 3.19. The van der Waals surface area contributed by atoms with E-state index >= 15 is 0 Å². The fourth-order valence-electron chi connectivity index (χ4n) is 4.67. The van der Waals surface area contributed by atoms with Crippen LogP contribution in [0.4, 0.5) is 0 Å². The molecule has 3 atom stereocenters. The second kappa shape index (κ2) is 6.73. The van der Waals surface area contributed by atoms with Crippen molar-refractivity contribution in [3.05, 3.63) is 34.2 Å². The smallest absolute Gasteiger partial charge is 0.316 e. The minimum absolute atomic E-state index is 0.130. The SMILES string of the molecule is CC(C)(C)SNC1CC2(CCNC2)CC1Cc1ccc2[nH]c(=O)[nH]c2c1. The Labute approximate surface area is 159 Å². The monoisotopic (exact) mass is 374 g/mol. The molecule has 0 bridgehead atoms. The summed E-state index contributed by atoms with van der Waals surface area (Å²) in [7, 11) is 0. The highest BCUT2D eigenvalue weighted by atomic mass is 32.2. The lowest BCUT2D eigenvalue weighted by molar-refractivity contribution is 0.318. The zero-order chi connectivity index (χ0) is 18.4. The minimum atomic E-state index is -0.130. The Bertz CT molecular complexity index is 828. The number of fused-ring (bicyclic) bond motifs is 1. The van der Waals surface area contributed by atoms with Crippen LogP contribution >= 0.6 is 11.9 Å². The van der Waals surface area contributed by atoms with Crippen LogP contribution < -0.4 is 15.7 Å². The summed E-state index contributed by atoms with van der Waals surface area (Å²) in [5, 5.41) is 3.58. The number of imidazole rings is 1. The first-order chi connectivity index (χ1) is 12.3. The lowest BCUT2D eigenvalue weighted by Crippen LogP contribution is -2.32. The molecule has 2 fully saturated rings. The molecule has 26 heavy (non-hydrogen) atoms. The highest BCUT2D eigenvalue weighted by Gasteiger charge is 2.46. The molecular weight excluding hydrogens is 344 g/mol. The van der Waals surface area contributed by atoms with Crippen LogP contribution in [0.3, 0.4) is 0 Å². The summed E-state index contributed by atoms with van der Waals surface area (Å²) in [6, 6.07) is 6.87. The van der Waals surface area contributed by atoms with E-state index in [1.54, 1.807) is 0 Å². The first-order valence-corrected chi connectivity index (χ1v) is 10.5. The van der Waals surface area contributed by atoms with Gasteiger partial charge in [0.25, 0.3) is 0 Å². The highest BCUT2D eigenvalue weighted by Crippen LogP contribution is 2.48. The van der Waals surface area contributed by atoms with Crippen LogP contribution in [-0.4, -0.2) is 33.8 Å². The molecule has 1 aromatic heterocycles. The Morgan fingerprint density at radius 1 is 1.23 bits per heavy atom. The highest BCUT2D eigenvalue weighted by molar-refractivity contribution is 7.98. The fraction of sp³-hybridized carbons (Fsp3) is 0.650. The van der Waals surface area contributed by atoms with E-state index in [1.807, 2.05) is 18.0 Å². The maximum Gasteiger partial charge on any atom is 0.323 e. The summed E-state index contributed by atoms with van der Waals surface area (Å²) in [4.78, 5) is 17.2. The molecule has 1 aromatic carbocycles. The molecule has 6 heteroatoms. The van der Waals surface area contributed by atoms with E-state index in [4.69, 9.17) is 0 Å². The summed E-state index contributed by atoms with van der Waals surface area (Å²) in [5.74, 6) is 0.632. The number of benzene rings is 1. The van der Waals surface area contributed by atoms with Crippen LogP contribution in [0.5, 0.6) is 0 Å². The number of hydrogen-bond donors (Lipinski definition) is 4. The molecule has 3 unspecified atom stereocenters. The lowest BCUT2D eigenvalue weighted by Gasteiger charge is -2.26. The first kappa shape index (κ1) is 18.1. The zero-order valence-corrected chi connectivity index (χ0v) is 16.8. The molecule has 1 spiro atoms. The number of aromatic amines is 2. The Balaban J connectivity index is 1.53. The summed E-state index contributed by atoms with van der Waals surface area (Å²) in [6.07, 6.45) is 4.90. The molecule has 5 nitrogen and oxygen atoms in total. The molecule has 1 aliphatic heterocycles. The van der Waals surface area contributed by atoms with Crippen LogP contribution in [0.25, 0.3) is 11.0 Å². The fourth-order valence-corrected chi connectivity index (χ4v) is 5.45. The third-order valence-electron chi connectivity index (χ3n) is 5.84. The van der Waals surface area contributed by atoms with E-state index in [1.165, 1.54) is 24.8 Å². The average Bonchev–Trinajstić information content (AvgIpc) is 3.24. The van der Waals surface area contributed by atoms with Crippen molar-refractivity contribution in [2.45, 2.75) is 57.2 Å². The molecule has 4 N–H and O–H groups in total. The predicted molar refractivity (Wildman–Crippen MR) is 110 cm³/mol. The number of aromatic nitrogens is 2. The molecule has 1 aliphatic carbocycles. The molecule has 1 saturated carbocycles. The zero-order valence-electron chi connectivity index (χ0n) is 15.9. The van der Waals surface area contributed by atoms with Crippen LogP contribution in [0, 0.1) is 11.3 Å². The van der Waals surface area contributed by atoms with Crippen LogP contribution in [-0.2, 0) is 6.42 Å². The van der Waals surface area contributed by atoms with Gasteiger partial charge in [-0.3, -0.25) is 4.72 Å². The van der Waals surface area contributed by atoms with E-state index in [2.05, 4.69) is 52.9 Å². The van der Waals surface area contributed by atoms with Crippen LogP contribution in [0.15, 0.2) is 23.0 Å². The first-order valence-electron chi connectivity index (χ1n) is 9.67. The maximum atomic E-state index is 11.5. The van der Waals surface area contributed by atoms with E-state index in [0.717, 1.165) is 30.5 Å². The van der Waals surface area contributed by atoms with Gasteiger partial charge in [0.2, 0.25) is 0 Å². The van der Waals surface area contributed by atoms with Crippen molar-refractivity contribution in [3.8, 4) is 0 Å². The van der Waals surface area contributed by atoms with Gasteiger partial charge in [-0.05, 0) is 82.0 Å². The van der Waals surface area contributed by atoms with Gasteiger partial charge in [0.1, 0.15) is 0 Å². The number of rotatable bonds is 4. The topological polar surface area (TPSA) is 72.7 Å². The molecule has 2 heterocycles. The maximum absolute atomic E-state index is 11.5. The second-order valence-corrected chi connectivity index (χ2v) is 10.9. The third kappa shape index (κ3) is 3.87. The second-order valence-electron chi connectivity index (χ2n) is 9.20. The van der Waals surface area contributed by atoms with Gasteiger partial charge in [0.05, 0.1) is 11.0 Å². The number of nitrogens with one attached hydrogen (secondary N) is 4. The summed E-state index contributed by atoms with van der Waals surface area (Å²) in [5.41, 5.74) is 3.45. The van der Waals surface area contributed by atoms with Gasteiger partial charge in [-0.25, -0.2) is 4.79 Å². The van der Waals surface area contributed by atoms with Gasteiger partial charge >= 0.3 is 5.69 Å². The molecule has 142 valence electrons. The van der Waals surface area contributed by atoms with E-state index in [9.17, 15) is 4.79 Å². The van der Waals surface area contributed by atoms with Gasteiger partial charge in [-0.2, -0.15) is 0 Å². The Hall–Kier alpha value is -1.24. The lowest BCUT2D eigenvalue weighted by atomic mass is 9.84. The van der Waals surface area contributed by atoms with Crippen molar-refractivity contribution < 1.29 is 0 Å². The van der Waals surface area contributed by atoms with Crippen LogP contribution in [0.2, 0.25) is 0 Å². The quantitative estimate of drug-likeness (QED) is 0.620. The standard InChI is InChI=1S/C20H30N4OS/c1-19(2,3)26-24-17-11-20(6-7-21-12-20)10-14(17)8-13-4-5-15-16(9-13)23-18(25)22-15/h4-5,9,14,17,21,24H,6-8,10-12H2,1-3H3,(H2,22,23,25). The molecule has 1 saturated heterocycles. The molecule has 4 rings (SSSR count). The molecule has 0 amide bonds. The summed E-state index contributed by atoms with van der Waals surface area (Å²) < 4.78 is 4.03. The Morgan fingerprint density at radius 3 is 2.77 bits per heavy atom. The van der Waals surface area contributed by atoms with E-state index < -0.39 is 0 Å². The largest absolute Gasteiger partial charge is 0.323 e. The molecular formula is C20H30N4OS. The normalized spacial score (nSPS) is 29.2. The van der Waals surface area contributed by atoms with Crippen molar-refractivity contribution >= 4 is 23.0 Å². The summed E-state index contributed by atoms with van der Waals surface area (Å²) >= 11 is 1.87. The van der Waals surface area contributed by atoms with Crippen molar-refractivity contribution in [2.24, 2.45) is 11.3 Å². The minimum Gasteiger partial charge on any atom is -0.316 e. The summed E-state index contributed by atoms with van der Waals surface area (Å²) in [6.45, 7) is 9.10. The van der Waals surface area contributed by atoms with Gasteiger partial charge < -0.3 is 15.3 Å². The molecule has 2 aliphatic rings. The molecule has 0 radical (unpaired) electrons.